The maximum atomic E-state index is 11.4. The minimum absolute atomic E-state index is 0.330. The van der Waals surface area contributed by atoms with Crippen LogP contribution in [-0.2, 0) is 4.79 Å². The van der Waals surface area contributed by atoms with E-state index in [1.165, 1.54) is 12.8 Å². The molecule has 1 heterocycles. The van der Waals surface area contributed by atoms with Crippen LogP contribution in [0.2, 0.25) is 0 Å². The standard InChI is InChI=1S/C11H20N2O/c1-12-6-10(8-3-4-8)9-5-11(14)13(2)7-9/h8-10,12H,3-7H2,1-2H3. The first kappa shape index (κ1) is 9.97. The van der Waals surface area contributed by atoms with Crippen LogP contribution in [0.4, 0.5) is 0 Å². The molecule has 2 unspecified atom stereocenters. The molecule has 2 rings (SSSR count). The minimum Gasteiger partial charge on any atom is -0.345 e. The van der Waals surface area contributed by atoms with Crippen molar-refractivity contribution in [3.8, 4) is 0 Å². The van der Waals surface area contributed by atoms with Crippen LogP contribution < -0.4 is 5.32 Å². The topological polar surface area (TPSA) is 32.3 Å². The van der Waals surface area contributed by atoms with Gasteiger partial charge in [-0.05, 0) is 44.2 Å². The van der Waals surface area contributed by atoms with E-state index in [2.05, 4.69) is 5.32 Å². The molecule has 14 heavy (non-hydrogen) atoms. The summed E-state index contributed by atoms with van der Waals surface area (Å²) >= 11 is 0. The van der Waals surface area contributed by atoms with E-state index in [1.807, 2.05) is 19.0 Å². The molecule has 1 saturated carbocycles. The van der Waals surface area contributed by atoms with E-state index in [0.29, 0.717) is 11.8 Å². The van der Waals surface area contributed by atoms with E-state index in [-0.39, 0.29) is 0 Å². The van der Waals surface area contributed by atoms with Crippen molar-refractivity contribution in [3.05, 3.63) is 0 Å². The molecule has 2 fully saturated rings. The summed E-state index contributed by atoms with van der Waals surface area (Å²) in [6.45, 7) is 2.05. The van der Waals surface area contributed by atoms with Gasteiger partial charge in [-0.15, -0.1) is 0 Å². The SMILES string of the molecule is CNCC(C1CC1)C1CC(=O)N(C)C1. The molecule has 1 saturated heterocycles. The Kier molecular flexibility index (Phi) is 2.77. The maximum Gasteiger partial charge on any atom is 0.222 e. The Balaban J connectivity index is 1.94. The Labute approximate surface area is 85.8 Å². The number of hydrogen-bond acceptors (Lipinski definition) is 2. The lowest BCUT2D eigenvalue weighted by molar-refractivity contribution is -0.126. The first-order valence-electron chi connectivity index (χ1n) is 5.61. The zero-order valence-corrected chi connectivity index (χ0v) is 9.12. The van der Waals surface area contributed by atoms with Gasteiger partial charge in [0, 0.05) is 20.0 Å². The fourth-order valence-corrected chi connectivity index (χ4v) is 2.66. The van der Waals surface area contributed by atoms with E-state index in [9.17, 15) is 4.79 Å². The monoisotopic (exact) mass is 196 g/mol. The van der Waals surface area contributed by atoms with Crippen molar-refractivity contribution in [2.24, 2.45) is 17.8 Å². The fraction of sp³-hybridized carbons (Fsp3) is 0.909. The number of amides is 1. The second-order valence-electron chi connectivity index (χ2n) is 4.80. The quantitative estimate of drug-likeness (QED) is 0.718. The van der Waals surface area contributed by atoms with Crippen molar-refractivity contribution in [2.75, 3.05) is 27.2 Å². The van der Waals surface area contributed by atoms with E-state index < -0.39 is 0 Å². The zero-order valence-electron chi connectivity index (χ0n) is 9.12. The Morgan fingerprint density at radius 2 is 2.21 bits per heavy atom. The van der Waals surface area contributed by atoms with Crippen LogP contribution in [0, 0.1) is 17.8 Å². The molecule has 80 valence electrons. The highest BCUT2D eigenvalue weighted by atomic mass is 16.2. The number of carbonyl (C=O) groups is 1. The van der Waals surface area contributed by atoms with Crippen LogP contribution in [-0.4, -0.2) is 38.0 Å². The second kappa shape index (κ2) is 3.89. The molecule has 1 N–H and O–H groups in total. The minimum atomic E-state index is 0.330. The molecule has 1 aliphatic heterocycles. The number of hydrogen-bond donors (Lipinski definition) is 1. The summed E-state index contributed by atoms with van der Waals surface area (Å²) in [5, 5.41) is 3.27. The van der Waals surface area contributed by atoms with Crippen LogP contribution in [0.25, 0.3) is 0 Å². The van der Waals surface area contributed by atoms with E-state index in [1.54, 1.807) is 0 Å². The third-order valence-electron chi connectivity index (χ3n) is 3.64. The largest absolute Gasteiger partial charge is 0.345 e. The molecule has 0 aromatic carbocycles. The Morgan fingerprint density at radius 3 is 2.64 bits per heavy atom. The third kappa shape index (κ3) is 1.92. The molecular weight excluding hydrogens is 176 g/mol. The smallest absolute Gasteiger partial charge is 0.222 e. The van der Waals surface area contributed by atoms with Gasteiger partial charge in [0.2, 0.25) is 5.91 Å². The molecule has 1 aliphatic carbocycles. The van der Waals surface area contributed by atoms with Crippen molar-refractivity contribution in [3.63, 3.8) is 0 Å². The van der Waals surface area contributed by atoms with Crippen molar-refractivity contribution >= 4 is 5.91 Å². The molecule has 0 spiro atoms. The lowest BCUT2D eigenvalue weighted by Gasteiger charge is -2.22. The first-order valence-corrected chi connectivity index (χ1v) is 5.61. The van der Waals surface area contributed by atoms with Gasteiger partial charge in [-0.25, -0.2) is 0 Å². The Bertz CT molecular complexity index is 225. The lowest BCUT2D eigenvalue weighted by atomic mass is 9.87. The molecule has 0 aromatic heterocycles. The zero-order chi connectivity index (χ0) is 10.1. The summed E-state index contributed by atoms with van der Waals surface area (Å²) in [7, 11) is 3.93. The van der Waals surface area contributed by atoms with Gasteiger partial charge in [-0.3, -0.25) is 4.79 Å². The summed E-state index contributed by atoms with van der Waals surface area (Å²) < 4.78 is 0. The number of nitrogens with zero attached hydrogens (tertiary/aromatic N) is 1. The fourth-order valence-electron chi connectivity index (χ4n) is 2.66. The molecule has 2 atom stereocenters. The van der Waals surface area contributed by atoms with Gasteiger partial charge in [0.05, 0.1) is 0 Å². The summed E-state index contributed by atoms with van der Waals surface area (Å²) in [5.41, 5.74) is 0. The molecule has 2 aliphatic rings. The van der Waals surface area contributed by atoms with Gasteiger partial charge < -0.3 is 10.2 Å². The van der Waals surface area contributed by atoms with E-state index in [0.717, 1.165) is 31.3 Å². The Morgan fingerprint density at radius 1 is 1.50 bits per heavy atom. The number of likely N-dealkylation sites (tertiary alicyclic amines) is 1. The predicted molar refractivity (Wildman–Crippen MR) is 55.9 cm³/mol. The van der Waals surface area contributed by atoms with Crippen LogP contribution >= 0.6 is 0 Å². The lowest BCUT2D eigenvalue weighted by Crippen LogP contribution is -2.29. The number of carbonyl (C=O) groups excluding carboxylic acids is 1. The molecule has 3 nitrogen and oxygen atoms in total. The number of rotatable bonds is 4. The second-order valence-corrected chi connectivity index (χ2v) is 4.80. The van der Waals surface area contributed by atoms with Crippen molar-refractivity contribution < 1.29 is 4.79 Å². The van der Waals surface area contributed by atoms with Crippen LogP contribution in [0.1, 0.15) is 19.3 Å². The van der Waals surface area contributed by atoms with Crippen molar-refractivity contribution in [2.45, 2.75) is 19.3 Å². The molecule has 0 bridgehead atoms. The molecule has 0 radical (unpaired) electrons. The summed E-state index contributed by atoms with van der Waals surface area (Å²) in [5.74, 6) is 2.56. The summed E-state index contributed by atoms with van der Waals surface area (Å²) in [6, 6.07) is 0. The number of nitrogens with one attached hydrogen (secondary N) is 1. The summed E-state index contributed by atoms with van der Waals surface area (Å²) in [4.78, 5) is 13.3. The van der Waals surface area contributed by atoms with E-state index in [4.69, 9.17) is 0 Å². The van der Waals surface area contributed by atoms with Crippen LogP contribution in [0.5, 0.6) is 0 Å². The highest BCUT2D eigenvalue weighted by molar-refractivity contribution is 5.78. The first-order chi connectivity index (χ1) is 6.72. The van der Waals surface area contributed by atoms with E-state index >= 15 is 0 Å². The highest BCUT2D eigenvalue weighted by Crippen LogP contribution is 2.42. The summed E-state index contributed by atoms with van der Waals surface area (Å²) in [6.07, 6.45) is 3.53. The normalized spacial score (nSPS) is 29.7. The van der Waals surface area contributed by atoms with Crippen LogP contribution in [0.15, 0.2) is 0 Å². The van der Waals surface area contributed by atoms with Gasteiger partial charge in [0.25, 0.3) is 0 Å². The average Bonchev–Trinajstić information content (AvgIpc) is 2.91. The molecular formula is C11H20N2O. The van der Waals surface area contributed by atoms with Gasteiger partial charge in [-0.2, -0.15) is 0 Å². The molecule has 1 amide bonds. The third-order valence-corrected chi connectivity index (χ3v) is 3.64. The van der Waals surface area contributed by atoms with Gasteiger partial charge in [0.15, 0.2) is 0 Å². The average molecular weight is 196 g/mol. The highest BCUT2D eigenvalue weighted by Gasteiger charge is 2.40. The van der Waals surface area contributed by atoms with Gasteiger partial charge >= 0.3 is 0 Å². The Hall–Kier alpha value is -0.570. The van der Waals surface area contributed by atoms with Crippen molar-refractivity contribution in [1.82, 2.24) is 10.2 Å². The van der Waals surface area contributed by atoms with Crippen molar-refractivity contribution in [1.29, 1.82) is 0 Å². The van der Waals surface area contributed by atoms with Gasteiger partial charge in [-0.1, -0.05) is 0 Å². The molecule has 3 heteroatoms. The molecule has 0 aromatic rings. The van der Waals surface area contributed by atoms with Gasteiger partial charge in [0.1, 0.15) is 0 Å². The predicted octanol–water partition coefficient (Wildman–Crippen LogP) is 0.710. The van der Waals surface area contributed by atoms with Crippen LogP contribution in [0.3, 0.4) is 0 Å². The maximum absolute atomic E-state index is 11.4.